The lowest BCUT2D eigenvalue weighted by atomic mass is 10.1. The zero-order valence-corrected chi connectivity index (χ0v) is 11.2. The topological polar surface area (TPSA) is 50.7 Å². The highest BCUT2D eigenvalue weighted by molar-refractivity contribution is 5.74. The predicted octanol–water partition coefficient (Wildman–Crippen LogP) is 2.49. The lowest BCUT2D eigenvalue weighted by molar-refractivity contribution is 0.300. The summed E-state index contributed by atoms with van der Waals surface area (Å²) in [5, 5.41) is 9.21. The van der Waals surface area contributed by atoms with Gasteiger partial charge in [-0.15, -0.1) is 0 Å². The number of rotatable bonds is 3. The number of hydrogen-bond donors (Lipinski definition) is 2. The van der Waals surface area contributed by atoms with Crippen molar-refractivity contribution in [3.8, 4) is 0 Å². The third-order valence-electron chi connectivity index (χ3n) is 3.37. The Kier molecular flexibility index (Phi) is 3.43. The molecular formula is C15H20N2O. The van der Waals surface area contributed by atoms with Crippen LogP contribution in [0, 0.1) is 6.92 Å². The molecule has 2 rings (SSSR count). The van der Waals surface area contributed by atoms with E-state index in [1.54, 1.807) is 0 Å². The SMILES string of the molecule is CC(C)=C(N)c1c(C)c(CCO)c2ccccn12. The molecule has 3 nitrogen and oxygen atoms in total. The molecule has 0 unspecified atom stereocenters. The Morgan fingerprint density at radius 1 is 1.33 bits per heavy atom. The summed E-state index contributed by atoms with van der Waals surface area (Å²) in [6.45, 7) is 6.26. The van der Waals surface area contributed by atoms with Gasteiger partial charge in [0.15, 0.2) is 0 Å². The molecule has 3 N–H and O–H groups in total. The average Bonchev–Trinajstić information content (AvgIpc) is 2.62. The van der Waals surface area contributed by atoms with Gasteiger partial charge in [0.1, 0.15) is 0 Å². The van der Waals surface area contributed by atoms with Crippen LogP contribution in [0.15, 0.2) is 30.0 Å². The average molecular weight is 244 g/mol. The number of aliphatic hydroxyl groups is 1. The summed E-state index contributed by atoms with van der Waals surface area (Å²) in [5.41, 5.74) is 12.7. The number of fused-ring (bicyclic) bond motifs is 1. The highest BCUT2D eigenvalue weighted by Gasteiger charge is 2.16. The van der Waals surface area contributed by atoms with Crippen LogP contribution in [0.25, 0.3) is 11.2 Å². The number of aliphatic hydroxyl groups excluding tert-OH is 1. The number of hydrogen-bond acceptors (Lipinski definition) is 2. The van der Waals surface area contributed by atoms with Gasteiger partial charge in [0.25, 0.3) is 0 Å². The van der Waals surface area contributed by atoms with Gasteiger partial charge in [-0.25, -0.2) is 0 Å². The maximum atomic E-state index is 9.21. The molecule has 0 amide bonds. The van der Waals surface area contributed by atoms with Crippen LogP contribution in [0.2, 0.25) is 0 Å². The lowest BCUT2D eigenvalue weighted by Crippen LogP contribution is -2.03. The Hall–Kier alpha value is -1.74. The molecule has 0 radical (unpaired) electrons. The fraction of sp³-hybridized carbons (Fsp3) is 0.333. The van der Waals surface area contributed by atoms with Gasteiger partial charge in [-0.2, -0.15) is 0 Å². The number of aromatic nitrogens is 1. The second kappa shape index (κ2) is 4.86. The van der Waals surface area contributed by atoms with Crippen LogP contribution in [0.3, 0.4) is 0 Å². The molecule has 3 heteroatoms. The molecular weight excluding hydrogens is 224 g/mol. The smallest absolute Gasteiger partial charge is 0.0718 e. The Morgan fingerprint density at radius 2 is 2.06 bits per heavy atom. The van der Waals surface area contributed by atoms with Crippen molar-refractivity contribution in [1.82, 2.24) is 4.40 Å². The van der Waals surface area contributed by atoms with Crippen LogP contribution < -0.4 is 5.73 Å². The van der Waals surface area contributed by atoms with Gasteiger partial charge in [-0.1, -0.05) is 11.6 Å². The molecule has 18 heavy (non-hydrogen) atoms. The summed E-state index contributed by atoms with van der Waals surface area (Å²) in [4.78, 5) is 0. The van der Waals surface area contributed by atoms with Gasteiger partial charge in [0.2, 0.25) is 0 Å². The van der Waals surface area contributed by atoms with Crippen molar-refractivity contribution in [2.45, 2.75) is 27.2 Å². The Morgan fingerprint density at radius 3 is 2.67 bits per heavy atom. The minimum absolute atomic E-state index is 0.156. The minimum Gasteiger partial charge on any atom is -0.397 e. The highest BCUT2D eigenvalue weighted by Crippen LogP contribution is 2.27. The van der Waals surface area contributed by atoms with Gasteiger partial charge in [0.05, 0.1) is 11.4 Å². The first-order valence-corrected chi connectivity index (χ1v) is 6.20. The predicted molar refractivity (Wildman–Crippen MR) is 75.4 cm³/mol. The van der Waals surface area contributed by atoms with E-state index in [0.717, 1.165) is 28.0 Å². The molecule has 2 heterocycles. The molecule has 0 spiro atoms. The molecule has 0 aliphatic carbocycles. The van der Waals surface area contributed by atoms with Crippen LogP contribution in [-0.2, 0) is 6.42 Å². The summed E-state index contributed by atoms with van der Waals surface area (Å²) in [6, 6.07) is 6.08. The second-order valence-corrected chi connectivity index (χ2v) is 4.80. The molecule has 96 valence electrons. The Balaban J connectivity index is 2.81. The van der Waals surface area contributed by atoms with E-state index < -0.39 is 0 Å². The van der Waals surface area contributed by atoms with E-state index in [-0.39, 0.29) is 6.61 Å². The second-order valence-electron chi connectivity index (χ2n) is 4.80. The molecule has 0 saturated carbocycles. The van der Waals surface area contributed by atoms with E-state index in [0.29, 0.717) is 6.42 Å². The van der Waals surface area contributed by atoms with Crippen LogP contribution in [0.1, 0.15) is 30.7 Å². The van der Waals surface area contributed by atoms with E-state index in [1.165, 1.54) is 5.56 Å². The van der Waals surface area contributed by atoms with Gasteiger partial charge in [-0.3, -0.25) is 0 Å². The van der Waals surface area contributed by atoms with E-state index in [9.17, 15) is 5.11 Å². The summed E-state index contributed by atoms with van der Waals surface area (Å²) >= 11 is 0. The summed E-state index contributed by atoms with van der Waals surface area (Å²) < 4.78 is 2.11. The summed E-state index contributed by atoms with van der Waals surface area (Å²) in [7, 11) is 0. The molecule has 0 bridgehead atoms. The van der Waals surface area contributed by atoms with Crippen LogP contribution in [0.4, 0.5) is 0 Å². The first-order chi connectivity index (χ1) is 8.57. The van der Waals surface area contributed by atoms with E-state index >= 15 is 0 Å². The van der Waals surface area contributed by atoms with Crippen LogP contribution in [0.5, 0.6) is 0 Å². The van der Waals surface area contributed by atoms with Gasteiger partial charge >= 0.3 is 0 Å². The van der Waals surface area contributed by atoms with E-state index in [1.807, 2.05) is 32.2 Å². The molecule has 0 atom stereocenters. The maximum absolute atomic E-state index is 9.21. The normalized spacial score (nSPS) is 10.9. The van der Waals surface area contributed by atoms with E-state index in [2.05, 4.69) is 17.4 Å². The number of nitrogens with zero attached hydrogens (tertiary/aromatic N) is 1. The Bertz CT molecular complexity index is 604. The molecule has 0 saturated heterocycles. The standard InChI is InChI=1S/C15H20N2O/c1-10(2)14(16)15-11(3)12(7-9-18)13-6-4-5-8-17(13)15/h4-6,8,18H,7,9,16H2,1-3H3. The van der Waals surface area contributed by atoms with Crippen molar-refractivity contribution >= 4 is 11.2 Å². The third-order valence-corrected chi connectivity index (χ3v) is 3.37. The number of allylic oxidation sites excluding steroid dienone is 1. The van der Waals surface area contributed by atoms with Gasteiger partial charge in [0, 0.05) is 18.3 Å². The molecule has 2 aromatic heterocycles. The third kappa shape index (κ3) is 1.91. The summed E-state index contributed by atoms with van der Waals surface area (Å²) in [5.74, 6) is 0. The van der Waals surface area contributed by atoms with Gasteiger partial charge < -0.3 is 15.2 Å². The van der Waals surface area contributed by atoms with Crippen molar-refractivity contribution in [1.29, 1.82) is 0 Å². The van der Waals surface area contributed by atoms with Crippen molar-refractivity contribution in [2.75, 3.05) is 6.61 Å². The van der Waals surface area contributed by atoms with Crippen molar-refractivity contribution < 1.29 is 5.11 Å². The monoisotopic (exact) mass is 244 g/mol. The fourth-order valence-corrected chi connectivity index (χ4v) is 2.40. The van der Waals surface area contributed by atoms with E-state index in [4.69, 9.17) is 5.73 Å². The van der Waals surface area contributed by atoms with Crippen LogP contribution in [-0.4, -0.2) is 16.1 Å². The van der Waals surface area contributed by atoms with Crippen molar-refractivity contribution in [3.05, 3.63) is 46.8 Å². The molecule has 2 aromatic rings. The quantitative estimate of drug-likeness (QED) is 0.871. The number of pyridine rings is 1. The highest BCUT2D eigenvalue weighted by atomic mass is 16.2. The Labute approximate surface area is 108 Å². The zero-order valence-electron chi connectivity index (χ0n) is 11.2. The molecule has 0 aromatic carbocycles. The number of nitrogens with two attached hydrogens (primary N) is 1. The zero-order chi connectivity index (χ0) is 13.3. The lowest BCUT2D eigenvalue weighted by Gasteiger charge is -2.06. The first kappa shape index (κ1) is 12.7. The van der Waals surface area contributed by atoms with Crippen molar-refractivity contribution in [2.24, 2.45) is 5.73 Å². The fourth-order valence-electron chi connectivity index (χ4n) is 2.40. The largest absolute Gasteiger partial charge is 0.397 e. The molecule has 0 aliphatic heterocycles. The first-order valence-electron chi connectivity index (χ1n) is 6.20. The van der Waals surface area contributed by atoms with Crippen LogP contribution >= 0.6 is 0 Å². The minimum atomic E-state index is 0.156. The van der Waals surface area contributed by atoms with Crippen molar-refractivity contribution in [3.63, 3.8) is 0 Å². The molecule has 0 aliphatic rings. The molecule has 0 fully saturated rings. The van der Waals surface area contributed by atoms with Gasteiger partial charge in [-0.05, 0) is 50.5 Å². The maximum Gasteiger partial charge on any atom is 0.0718 e. The summed E-state index contributed by atoms with van der Waals surface area (Å²) in [6.07, 6.45) is 2.68.